The molecule has 0 unspecified atom stereocenters. The Morgan fingerprint density at radius 3 is 2.83 bits per heavy atom. The fraction of sp³-hybridized carbons (Fsp3) is 0.353. The standard InChI is InChI=1S/C17H21N5O/c1-11(2)16(17-18-8-9-22(17)3)19-15(23)10-14-12-6-4-5-7-13(12)20-21-14/h4-9,11,16H,10H2,1-3H3,(H,19,23)(H,20,21)/t16-/m0/s1. The molecular weight excluding hydrogens is 290 g/mol. The first-order chi connectivity index (χ1) is 11.1. The summed E-state index contributed by atoms with van der Waals surface area (Å²) in [7, 11) is 1.94. The second kappa shape index (κ2) is 6.24. The Balaban J connectivity index is 1.76. The number of nitrogens with zero attached hydrogens (tertiary/aromatic N) is 3. The zero-order chi connectivity index (χ0) is 16.4. The topological polar surface area (TPSA) is 75.6 Å². The van der Waals surface area contributed by atoms with Gasteiger partial charge < -0.3 is 9.88 Å². The van der Waals surface area contributed by atoms with Gasteiger partial charge in [-0.2, -0.15) is 5.10 Å². The fourth-order valence-electron chi connectivity index (χ4n) is 2.74. The van der Waals surface area contributed by atoms with Crippen molar-refractivity contribution in [1.82, 2.24) is 25.1 Å². The van der Waals surface area contributed by atoms with E-state index in [2.05, 4.69) is 34.3 Å². The first-order valence-electron chi connectivity index (χ1n) is 7.75. The Morgan fingerprint density at radius 2 is 2.13 bits per heavy atom. The van der Waals surface area contributed by atoms with E-state index < -0.39 is 0 Å². The summed E-state index contributed by atoms with van der Waals surface area (Å²) in [6.45, 7) is 4.15. The molecule has 0 aliphatic heterocycles. The Bertz CT molecular complexity index is 817. The number of nitrogens with one attached hydrogen (secondary N) is 2. The molecule has 0 radical (unpaired) electrons. The number of aromatic amines is 1. The summed E-state index contributed by atoms with van der Waals surface area (Å²) in [6, 6.07) is 7.67. The van der Waals surface area contributed by atoms with Gasteiger partial charge in [-0.25, -0.2) is 4.98 Å². The zero-order valence-electron chi connectivity index (χ0n) is 13.6. The van der Waals surface area contributed by atoms with Crippen LogP contribution in [0.5, 0.6) is 0 Å². The van der Waals surface area contributed by atoms with Crippen molar-refractivity contribution in [2.75, 3.05) is 0 Å². The molecular formula is C17H21N5O. The molecule has 3 rings (SSSR count). The van der Waals surface area contributed by atoms with Gasteiger partial charge in [0.2, 0.25) is 5.91 Å². The van der Waals surface area contributed by atoms with E-state index in [1.165, 1.54) is 0 Å². The van der Waals surface area contributed by atoms with Crippen LogP contribution >= 0.6 is 0 Å². The summed E-state index contributed by atoms with van der Waals surface area (Å²) in [5.41, 5.74) is 1.71. The predicted octanol–water partition coefficient (Wildman–Crippen LogP) is 2.35. The van der Waals surface area contributed by atoms with Crippen LogP contribution in [0.25, 0.3) is 10.9 Å². The van der Waals surface area contributed by atoms with E-state index in [-0.39, 0.29) is 24.3 Å². The van der Waals surface area contributed by atoms with Gasteiger partial charge in [0.15, 0.2) is 0 Å². The molecule has 2 heterocycles. The Labute approximate surface area is 134 Å². The average Bonchev–Trinajstić information content (AvgIpc) is 3.12. The first kappa shape index (κ1) is 15.3. The van der Waals surface area contributed by atoms with E-state index in [0.717, 1.165) is 22.4 Å². The Kier molecular flexibility index (Phi) is 4.14. The molecule has 6 nitrogen and oxygen atoms in total. The molecule has 0 aliphatic carbocycles. The molecule has 23 heavy (non-hydrogen) atoms. The number of fused-ring (bicyclic) bond motifs is 1. The molecule has 0 saturated heterocycles. The van der Waals surface area contributed by atoms with Gasteiger partial charge in [0.25, 0.3) is 0 Å². The lowest BCUT2D eigenvalue weighted by molar-refractivity contribution is -0.121. The molecule has 0 saturated carbocycles. The van der Waals surface area contributed by atoms with Crippen molar-refractivity contribution < 1.29 is 4.79 Å². The number of H-pyrrole nitrogens is 1. The van der Waals surface area contributed by atoms with Crippen LogP contribution in [-0.4, -0.2) is 25.7 Å². The highest BCUT2D eigenvalue weighted by Crippen LogP contribution is 2.20. The smallest absolute Gasteiger partial charge is 0.226 e. The largest absolute Gasteiger partial charge is 0.346 e. The molecule has 0 bridgehead atoms. The molecule has 2 aromatic heterocycles. The highest BCUT2D eigenvalue weighted by molar-refractivity contribution is 5.87. The molecule has 1 aromatic carbocycles. The van der Waals surface area contributed by atoms with Crippen molar-refractivity contribution in [1.29, 1.82) is 0 Å². The number of hydrogen-bond donors (Lipinski definition) is 2. The normalized spacial score (nSPS) is 12.7. The zero-order valence-corrected chi connectivity index (χ0v) is 13.6. The molecule has 1 atom stereocenters. The van der Waals surface area contributed by atoms with Crippen molar-refractivity contribution in [2.24, 2.45) is 13.0 Å². The quantitative estimate of drug-likeness (QED) is 0.759. The minimum atomic E-state index is -0.114. The van der Waals surface area contributed by atoms with Crippen LogP contribution in [-0.2, 0) is 18.3 Å². The summed E-state index contributed by atoms with van der Waals surface area (Å²) in [5, 5.41) is 11.3. The van der Waals surface area contributed by atoms with Crippen LogP contribution in [0.2, 0.25) is 0 Å². The van der Waals surface area contributed by atoms with Gasteiger partial charge in [-0.15, -0.1) is 0 Å². The first-order valence-corrected chi connectivity index (χ1v) is 7.75. The number of benzene rings is 1. The second-order valence-corrected chi connectivity index (χ2v) is 6.08. The van der Waals surface area contributed by atoms with Gasteiger partial charge in [-0.05, 0) is 12.0 Å². The maximum absolute atomic E-state index is 12.5. The number of hydrogen-bond acceptors (Lipinski definition) is 3. The lowest BCUT2D eigenvalue weighted by atomic mass is 10.0. The van der Waals surface area contributed by atoms with Crippen LogP contribution in [0.3, 0.4) is 0 Å². The minimum absolute atomic E-state index is 0.0406. The lowest BCUT2D eigenvalue weighted by Gasteiger charge is -2.22. The molecule has 3 aromatic rings. The summed E-state index contributed by atoms with van der Waals surface area (Å²) in [5.74, 6) is 1.07. The van der Waals surface area contributed by atoms with Crippen LogP contribution < -0.4 is 5.32 Å². The molecule has 120 valence electrons. The van der Waals surface area contributed by atoms with Gasteiger partial charge in [0, 0.05) is 24.8 Å². The summed E-state index contributed by atoms with van der Waals surface area (Å²) in [4.78, 5) is 16.8. The number of carbonyl (C=O) groups is 1. The number of rotatable bonds is 5. The van der Waals surface area contributed by atoms with E-state index in [4.69, 9.17) is 0 Å². The van der Waals surface area contributed by atoms with Crippen LogP contribution in [0.15, 0.2) is 36.7 Å². The molecule has 0 spiro atoms. The summed E-state index contributed by atoms with van der Waals surface area (Å²) >= 11 is 0. The van der Waals surface area contributed by atoms with Crippen molar-refractivity contribution in [3.05, 3.63) is 48.2 Å². The van der Waals surface area contributed by atoms with Gasteiger partial charge in [-0.1, -0.05) is 32.0 Å². The second-order valence-electron chi connectivity index (χ2n) is 6.08. The maximum atomic E-state index is 12.5. The van der Waals surface area contributed by atoms with Gasteiger partial charge in [0.1, 0.15) is 5.82 Å². The number of carbonyl (C=O) groups excluding carboxylic acids is 1. The van der Waals surface area contributed by atoms with Crippen LogP contribution in [0.4, 0.5) is 0 Å². The van der Waals surface area contributed by atoms with Crippen molar-refractivity contribution in [3.63, 3.8) is 0 Å². The number of imidazole rings is 1. The monoisotopic (exact) mass is 311 g/mol. The van der Waals surface area contributed by atoms with Crippen molar-refractivity contribution in [2.45, 2.75) is 26.3 Å². The minimum Gasteiger partial charge on any atom is -0.346 e. The molecule has 6 heteroatoms. The van der Waals surface area contributed by atoms with Gasteiger partial charge in [0.05, 0.1) is 23.7 Å². The fourth-order valence-corrected chi connectivity index (χ4v) is 2.74. The summed E-state index contributed by atoms with van der Waals surface area (Å²) < 4.78 is 1.94. The predicted molar refractivity (Wildman–Crippen MR) is 88.7 cm³/mol. The van der Waals surface area contributed by atoms with Crippen molar-refractivity contribution >= 4 is 16.8 Å². The number of amides is 1. The lowest BCUT2D eigenvalue weighted by Crippen LogP contribution is -2.34. The molecule has 0 fully saturated rings. The Morgan fingerprint density at radius 1 is 1.35 bits per heavy atom. The van der Waals surface area contributed by atoms with Crippen LogP contribution in [0.1, 0.15) is 31.4 Å². The van der Waals surface area contributed by atoms with Crippen LogP contribution in [0, 0.1) is 5.92 Å². The van der Waals surface area contributed by atoms with E-state index in [1.807, 2.05) is 42.1 Å². The van der Waals surface area contributed by atoms with Crippen molar-refractivity contribution in [3.8, 4) is 0 Å². The third-order valence-electron chi connectivity index (χ3n) is 4.00. The molecule has 2 N–H and O–H groups in total. The van der Waals surface area contributed by atoms with E-state index >= 15 is 0 Å². The number of aryl methyl sites for hydroxylation is 1. The number of aromatic nitrogens is 4. The van der Waals surface area contributed by atoms with Gasteiger partial charge >= 0.3 is 0 Å². The van der Waals surface area contributed by atoms with Gasteiger partial charge in [-0.3, -0.25) is 9.89 Å². The third-order valence-corrected chi connectivity index (χ3v) is 4.00. The molecule has 1 amide bonds. The summed E-state index contributed by atoms with van der Waals surface area (Å²) in [6.07, 6.45) is 3.91. The van der Waals surface area contributed by atoms with E-state index in [9.17, 15) is 4.79 Å². The number of para-hydroxylation sites is 1. The van der Waals surface area contributed by atoms with E-state index in [0.29, 0.717) is 0 Å². The third kappa shape index (κ3) is 3.11. The highest BCUT2D eigenvalue weighted by Gasteiger charge is 2.22. The average molecular weight is 311 g/mol. The maximum Gasteiger partial charge on any atom is 0.226 e. The SMILES string of the molecule is CC(C)[C@H](NC(=O)Cc1[nH]nc2ccccc12)c1nccn1C. The Hall–Kier alpha value is -2.63. The highest BCUT2D eigenvalue weighted by atomic mass is 16.1. The molecule has 0 aliphatic rings. The van der Waals surface area contributed by atoms with E-state index in [1.54, 1.807) is 6.20 Å².